The van der Waals surface area contributed by atoms with Crippen LogP contribution in [0, 0.1) is 6.92 Å². The summed E-state index contributed by atoms with van der Waals surface area (Å²) < 4.78 is 11.8. The summed E-state index contributed by atoms with van der Waals surface area (Å²) in [4.78, 5) is 20.3. The Hall–Kier alpha value is -3.15. The minimum absolute atomic E-state index is 0.368. The van der Waals surface area contributed by atoms with E-state index in [-0.39, 0.29) is 5.97 Å². The number of pyridine rings is 1. The van der Waals surface area contributed by atoms with Gasteiger partial charge in [-0.3, -0.25) is 4.98 Å². The van der Waals surface area contributed by atoms with E-state index in [0.29, 0.717) is 11.3 Å². The molecule has 0 bridgehead atoms. The van der Waals surface area contributed by atoms with E-state index >= 15 is 0 Å². The van der Waals surface area contributed by atoms with Gasteiger partial charge in [0, 0.05) is 17.8 Å². The van der Waals surface area contributed by atoms with Gasteiger partial charge in [-0.05, 0) is 24.6 Å². The van der Waals surface area contributed by atoms with Gasteiger partial charge in [0.1, 0.15) is 5.75 Å². The number of nitrogens with zero attached hydrogens (tertiary/aromatic N) is 3. The summed E-state index contributed by atoms with van der Waals surface area (Å²) in [6, 6.07) is 7.29. The number of imidazole rings is 1. The van der Waals surface area contributed by atoms with E-state index in [9.17, 15) is 4.79 Å². The Kier molecular flexibility index (Phi) is 4.29. The first-order valence-electron chi connectivity index (χ1n) is 7.35. The Morgan fingerprint density at radius 1 is 1.17 bits per heavy atom. The zero-order valence-electron chi connectivity index (χ0n) is 13.7. The van der Waals surface area contributed by atoms with Crippen LogP contribution in [0.5, 0.6) is 5.75 Å². The lowest BCUT2D eigenvalue weighted by molar-refractivity contribution is 0.0601. The SMILES string of the molecule is COC(=O)c1ccc(C)c(-c2cn(-c3cncc(OC)c3)cn2)c1. The van der Waals surface area contributed by atoms with Crippen LogP contribution in [0.25, 0.3) is 16.9 Å². The predicted molar refractivity (Wildman–Crippen MR) is 89.4 cm³/mol. The molecular formula is C18H17N3O3. The number of benzene rings is 1. The Morgan fingerprint density at radius 2 is 2.00 bits per heavy atom. The highest BCUT2D eigenvalue weighted by Gasteiger charge is 2.12. The van der Waals surface area contributed by atoms with Gasteiger partial charge in [-0.25, -0.2) is 9.78 Å². The van der Waals surface area contributed by atoms with Crippen molar-refractivity contribution < 1.29 is 14.3 Å². The molecule has 3 aromatic rings. The molecule has 0 unspecified atom stereocenters. The van der Waals surface area contributed by atoms with Crippen LogP contribution >= 0.6 is 0 Å². The van der Waals surface area contributed by atoms with Crippen LogP contribution in [0.2, 0.25) is 0 Å². The predicted octanol–water partition coefficient (Wildman–Crippen LogP) is 3.04. The van der Waals surface area contributed by atoms with Gasteiger partial charge in [0.25, 0.3) is 0 Å². The molecule has 3 rings (SSSR count). The minimum Gasteiger partial charge on any atom is -0.495 e. The second kappa shape index (κ2) is 6.54. The fraction of sp³-hybridized carbons (Fsp3) is 0.167. The molecular weight excluding hydrogens is 306 g/mol. The van der Waals surface area contributed by atoms with Crippen LogP contribution in [0.1, 0.15) is 15.9 Å². The third kappa shape index (κ3) is 2.99. The van der Waals surface area contributed by atoms with E-state index < -0.39 is 0 Å². The van der Waals surface area contributed by atoms with Crippen molar-refractivity contribution >= 4 is 5.97 Å². The standard InChI is InChI=1S/C18H17N3O3/c1-12-4-5-13(18(22)24-3)6-16(12)17-10-21(11-20-17)14-7-15(23-2)9-19-8-14/h4-11H,1-3H3. The van der Waals surface area contributed by atoms with Crippen molar-refractivity contribution in [2.75, 3.05) is 14.2 Å². The highest BCUT2D eigenvalue weighted by molar-refractivity contribution is 5.91. The van der Waals surface area contributed by atoms with Gasteiger partial charge in [0.2, 0.25) is 0 Å². The van der Waals surface area contributed by atoms with Crippen molar-refractivity contribution in [3.8, 4) is 22.7 Å². The van der Waals surface area contributed by atoms with E-state index in [1.165, 1.54) is 7.11 Å². The molecule has 2 heterocycles. The van der Waals surface area contributed by atoms with E-state index in [0.717, 1.165) is 22.5 Å². The molecule has 1 aromatic carbocycles. The lowest BCUT2D eigenvalue weighted by Gasteiger charge is -2.06. The Balaban J connectivity index is 2.00. The molecule has 0 saturated carbocycles. The molecule has 0 amide bonds. The first-order valence-corrected chi connectivity index (χ1v) is 7.35. The maximum atomic E-state index is 11.7. The summed E-state index contributed by atoms with van der Waals surface area (Å²) in [6.07, 6.45) is 6.97. The summed E-state index contributed by atoms with van der Waals surface area (Å²) in [5.41, 5.74) is 4.01. The highest BCUT2D eigenvalue weighted by atomic mass is 16.5. The molecule has 0 atom stereocenters. The van der Waals surface area contributed by atoms with Gasteiger partial charge in [-0.15, -0.1) is 0 Å². The zero-order chi connectivity index (χ0) is 17.1. The summed E-state index contributed by atoms with van der Waals surface area (Å²) in [5, 5.41) is 0. The van der Waals surface area contributed by atoms with Crippen molar-refractivity contribution in [3.63, 3.8) is 0 Å². The summed E-state index contributed by atoms with van der Waals surface area (Å²) in [6.45, 7) is 1.97. The summed E-state index contributed by atoms with van der Waals surface area (Å²) in [7, 11) is 2.97. The second-order valence-corrected chi connectivity index (χ2v) is 5.27. The molecule has 122 valence electrons. The van der Waals surface area contributed by atoms with Gasteiger partial charge < -0.3 is 14.0 Å². The lowest BCUT2D eigenvalue weighted by Crippen LogP contribution is -2.01. The molecule has 2 aromatic heterocycles. The number of methoxy groups -OCH3 is 2. The summed E-state index contributed by atoms with van der Waals surface area (Å²) >= 11 is 0. The normalized spacial score (nSPS) is 10.5. The van der Waals surface area contributed by atoms with Crippen LogP contribution in [0.3, 0.4) is 0 Å². The Morgan fingerprint density at radius 3 is 2.75 bits per heavy atom. The zero-order valence-corrected chi connectivity index (χ0v) is 13.7. The monoisotopic (exact) mass is 323 g/mol. The van der Waals surface area contributed by atoms with Gasteiger partial charge in [0.05, 0.1) is 49.9 Å². The molecule has 0 saturated heterocycles. The number of hydrogen-bond donors (Lipinski definition) is 0. The first-order chi connectivity index (χ1) is 11.6. The maximum absolute atomic E-state index is 11.7. The van der Waals surface area contributed by atoms with Gasteiger partial charge in [-0.2, -0.15) is 0 Å². The number of carbonyl (C=O) groups excluding carboxylic acids is 1. The van der Waals surface area contributed by atoms with Gasteiger partial charge >= 0.3 is 5.97 Å². The number of rotatable bonds is 4. The molecule has 0 aliphatic heterocycles. The van der Waals surface area contributed by atoms with E-state index in [4.69, 9.17) is 9.47 Å². The number of carbonyl (C=O) groups is 1. The average Bonchev–Trinajstić information content (AvgIpc) is 3.11. The number of ether oxygens (including phenoxy) is 2. The van der Waals surface area contributed by atoms with Crippen LogP contribution in [-0.2, 0) is 4.74 Å². The largest absolute Gasteiger partial charge is 0.495 e. The van der Waals surface area contributed by atoms with Gasteiger partial charge in [0.15, 0.2) is 0 Å². The topological polar surface area (TPSA) is 66.2 Å². The quantitative estimate of drug-likeness (QED) is 0.690. The van der Waals surface area contributed by atoms with Crippen LogP contribution in [0.4, 0.5) is 0 Å². The number of esters is 1. The molecule has 0 fully saturated rings. The Bertz CT molecular complexity index is 887. The molecule has 6 nitrogen and oxygen atoms in total. The maximum Gasteiger partial charge on any atom is 0.337 e. The lowest BCUT2D eigenvalue weighted by atomic mass is 10.0. The van der Waals surface area contributed by atoms with E-state index in [1.54, 1.807) is 38.0 Å². The molecule has 24 heavy (non-hydrogen) atoms. The third-order valence-corrected chi connectivity index (χ3v) is 3.75. The van der Waals surface area contributed by atoms with Gasteiger partial charge in [-0.1, -0.05) is 6.07 Å². The smallest absolute Gasteiger partial charge is 0.337 e. The first kappa shape index (κ1) is 15.7. The van der Waals surface area contributed by atoms with Crippen molar-refractivity contribution in [2.24, 2.45) is 0 Å². The number of aromatic nitrogens is 3. The van der Waals surface area contributed by atoms with Crippen LogP contribution < -0.4 is 4.74 Å². The highest BCUT2D eigenvalue weighted by Crippen LogP contribution is 2.25. The molecule has 0 radical (unpaired) electrons. The summed E-state index contributed by atoms with van der Waals surface area (Å²) in [5.74, 6) is 0.305. The van der Waals surface area contributed by atoms with Crippen LogP contribution in [0.15, 0.2) is 49.2 Å². The molecule has 0 aliphatic rings. The molecule has 0 aliphatic carbocycles. The fourth-order valence-corrected chi connectivity index (χ4v) is 2.41. The van der Waals surface area contributed by atoms with Crippen molar-refractivity contribution in [3.05, 3.63) is 60.3 Å². The Labute approximate surface area is 139 Å². The van der Waals surface area contributed by atoms with Crippen LogP contribution in [-0.4, -0.2) is 34.7 Å². The second-order valence-electron chi connectivity index (χ2n) is 5.27. The van der Waals surface area contributed by atoms with Crippen molar-refractivity contribution in [2.45, 2.75) is 6.92 Å². The van der Waals surface area contributed by atoms with E-state index in [1.807, 2.05) is 29.8 Å². The fourth-order valence-electron chi connectivity index (χ4n) is 2.41. The van der Waals surface area contributed by atoms with E-state index in [2.05, 4.69) is 9.97 Å². The van der Waals surface area contributed by atoms with Crippen molar-refractivity contribution in [1.82, 2.24) is 14.5 Å². The number of hydrogen-bond acceptors (Lipinski definition) is 5. The molecule has 0 N–H and O–H groups in total. The molecule has 6 heteroatoms. The average molecular weight is 323 g/mol. The minimum atomic E-state index is -0.368. The third-order valence-electron chi connectivity index (χ3n) is 3.75. The number of aryl methyl sites for hydroxylation is 1. The molecule has 0 spiro atoms. The van der Waals surface area contributed by atoms with Crippen molar-refractivity contribution in [1.29, 1.82) is 0 Å².